The predicted molar refractivity (Wildman–Crippen MR) is 64.9 cm³/mol. The molecule has 0 spiro atoms. The molecule has 1 aromatic carbocycles. The number of nitrogens with two attached hydrogens (primary N) is 1. The molecule has 0 saturated carbocycles. The van der Waals surface area contributed by atoms with Gasteiger partial charge in [-0.1, -0.05) is 0 Å². The molecule has 2 rings (SSSR count). The number of nitrogens with zero attached hydrogens (tertiary/aromatic N) is 1. The number of hydrogen-bond acceptors (Lipinski definition) is 3. The molecule has 0 bridgehead atoms. The van der Waals surface area contributed by atoms with Crippen molar-refractivity contribution in [3.63, 3.8) is 0 Å². The van der Waals surface area contributed by atoms with Gasteiger partial charge in [-0.15, -0.1) is 0 Å². The van der Waals surface area contributed by atoms with Crippen LogP contribution in [0.25, 0.3) is 10.8 Å². The number of pyridine rings is 1. The van der Waals surface area contributed by atoms with Crippen molar-refractivity contribution in [2.45, 2.75) is 19.9 Å². The summed E-state index contributed by atoms with van der Waals surface area (Å²) in [6, 6.07) is 6.26. The first-order chi connectivity index (χ1) is 7.18. The minimum absolute atomic E-state index is 0.400. The van der Waals surface area contributed by atoms with Crippen LogP contribution in [0.2, 0.25) is 0 Å². The van der Waals surface area contributed by atoms with Crippen molar-refractivity contribution in [1.29, 1.82) is 0 Å². The smallest absolute Gasteiger partial charge is 0.0439 e. The van der Waals surface area contributed by atoms with Gasteiger partial charge in [0.05, 0.1) is 0 Å². The van der Waals surface area contributed by atoms with Crippen molar-refractivity contribution in [1.82, 2.24) is 4.98 Å². The molecular formula is C12H15N3. The van der Waals surface area contributed by atoms with Crippen LogP contribution in [0.15, 0.2) is 30.6 Å². The number of rotatable bonds is 2. The fourth-order valence-electron chi connectivity index (χ4n) is 1.65. The Morgan fingerprint density at radius 2 is 2.00 bits per heavy atom. The van der Waals surface area contributed by atoms with Gasteiger partial charge in [0, 0.05) is 40.6 Å². The first-order valence-corrected chi connectivity index (χ1v) is 5.07. The Labute approximate surface area is 89.3 Å². The second-order valence-electron chi connectivity index (χ2n) is 3.92. The third-order valence-electron chi connectivity index (χ3n) is 2.30. The molecule has 0 aliphatic carbocycles. The monoisotopic (exact) mass is 201 g/mol. The largest absolute Gasteiger partial charge is 0.398 e. The Hall–Kier alpha value is -1.77. The zero-order valence-corrected chi connectivity index (χ0v) is 8.99. The van der Waals surface area contributed by atoms with E-state index in [0.717, 1.165) is 22.1 Å². The van der Waals surface area contributed by atoms with Crippen molar-refractivity contribution >= 4 is 22.1 Å². The molecule has 1 heterocycles. The van der Waals surface area contributed by atoms with Gasteiger partial charge in [-0.05, 0) is 32.0 Å². The standard InChI is InChI=1S/C12H15N3/c1-8(2)15-12-4-3-11(13)9-5-6-14-7-10(9)12/h3-8,15H,13H2,1-2H3. The Morgan fingerprint density at radius 3 is 2.73 bits per heavy atom. The van der Waals surface area contributed by atoms with Gasteiger partial charge in [-0.2, -0.15) is 0 Å². The maximum atomic E-state index is 5.90. The van der Waals surface area contributed by atoms with Crippen LogP contribution in [0, 0.1) is 0 Å². The SMILES string of the molecule is CC(C)Nc1ccc(N)c2ccncc12. The summed E-state index contributed by atoms with van der Waals surface area (Å²) in [6.07, 6.45) is 3.61. The lowest BCUT2D eigenvalue weighted by Crippen LogP contribution is -2.10. The fraction of sp³-hybridized carbons (Fsp3) is 0.250. The Kier molecular flexibility index (Phi) is 2.46. The molecule has 2 aromatic rings. The minimum Gasteiger partial charge on any atom is -0.398 e. The van der Waals surface area contributed by atoms with Gasteiger partial charge in [0.25, 0.3) is 0 Å². The van der Waals surface area contributed by atoms with Gasteiger partial charge >= 0.3 is 0 Å². The molecule has 3 heteroatoms. The molecule has 0 radical (unpaired) electrons. The van der Waals surface area contributed by atoms with Crippen LogP contribution in [0.1, 0.15) is 13.8 Å². The van der Waals surface area contributed by atoms with Crippen LogP contribution in [0.4, 0.5) is 11.4 Å². The zero-order chi connectivity index (χ0) is 10.8. The molecule has 0 fully saturated rings. The van der Waals surface area contributed by atoms with E-state index in [0.29, 0.717) is 6.04 Å². The van der Waals surface area contributed by atoms with E-state index in [1.165, 1.54) is 0 Å². The molecule has 3 nitrogen and oxygen atoms in total. The van der Waals surface area contributed by atoms with E-state index in [2.05, 4.69) is 24.1 Å². The zero-order valence-electron chi connectivity index (χ0n) is 8.99. The highest BCUT2D eigenvalue weighted by molar-refractivity contribution is 6.00. The molecule has 78 valence electrons. The molecule has 1 aromatic heterocycles. The number of aromatic nitrogens is 1. The molecule has 0 atom stereocenters. The lowest BCUT2D eigenvalue weighted by atomic mass is 10.1. The summed E-state index contributed by atoms with van der Waals surface area (Å²) in [4.78, 5) is 4.13. The molecule has 0 saturated heterocycles. The lowest BCUT2D eigenvalue weighted by molar-refractivity contribution is 0.902. The number of nitrogens with one attached hydrogen (secondary N) is 1. The Bertz CT molecular complexity index is 477. The molecule has 15 heavy (non-hydrogen) atoms. The summed E-state index contributed by atoms with van der Waals surface area (Å²) in [5, 5.41) is 5.51. The summed E-state index contributed by atoms with van der Waals surface area (Å²) >= 11 is 0. The molecule has 0 aliphatic rings. The van der Waals surface area contributed by atoms with Crippen LogP contribution in [-0.2, 0) is 0 Å². The van der Waals surface area contributed by atoms with E-state index in [1.54, 1.807) is 6.20 Å². The van der Waals surface area contributed by atoms with Gasteiger partial charge < -0.3 is 11.1 Å². The topological polar surface area (TPSA) is 50.9 Å². The highest BCUT2D eigenvalue weighted by Crippen LogP contribution is 2.27. The first kappa shape index (κ1) is 9.77. The Morgan fingerprint density at radius 1 is 1.20 bits per heavy atom. The van der Waals surface area contributed by atoms with Crippen molar-refractivity contribution in [3.8, 4) is 0 Å². The average Bonchev–Trinajstić information content (AvgIpc) is 2.22. The first-order valence-electron chi connectivity index (χ1n) is 5.07. The molecule has 0 unspecified atom stereocenters. The predicted octanol–water partition coefficient (Wildman–Crippen LogP) is 2.64. The maximum Gasteiger partial charge on any atom is 0.0439 e. The normalized spacial score (nSPS) is 10.9. The summed E-state index contributed by atoms with van der Waals surface area (Å²) in [5.74, 6) is 0. The highest BCUT2D eigenvalue weighted by Gasteiger charge is 2.04. The molecule has 0 amide bonds. The maximum absolute atomic E-state index is 5.90. The number of benzene rings is 1. The van der Waals surface area contributed by atoms with E-state index in [-0.39, 0.29) is 0 Å². The fourth-order valence-corrected chi connectivity index (χ4v) is 1.65. The van der Waals surface area contributed by atoms with Crippen molar-refractivity contribution in [2.24, 2.45) is 0 Å². The van der Waals surface area contributed by atoms with E-state index < -0.39 is 0 Å². The minimum atomic E-state index is 0.400. The van der Waals surface area contributed by atoms with Crippen molar-refractivity contribution < 1.29 is 0 Å². The molecule has 0 aliphatic heterocycles. The Balaban J connectivity index is 2.61. The average molecular weight is 201 g/mol. The second-order valence-corrected chi connectivity index (χ2v) is 3.92. The molecule has 3 N–H and O–H groups in total. The van der Waals surface area contributed by atoms with Crippen LogP contribution in [0.5, 0.6) is 0 Å². The quantitative estimate of drug-likeness (QED) is 0.734. The number of anilines is 2. The third-order valence-corrected chi connectivity index (χ3v) is 2.30. The lowest BCUT2D eigenvalue weighted by Gasteiger charge is -2.13. The third kappa shape index (κ3) is 1.86. The van der Waals surface area contributed by atoms with Gasteiger partial charge in [-0.3, -0.25) is 4.98 Å². The van der Waals surface area contributed by atoms with E-state index in [9.17, 15) is 0 Å². The summed E-state index contributed by atoms with van der Waals surface area (Å²) < 4.78 is 0. The second kappa shape index (κ2) is 3.77. The summed E-state index contributed by atoms with van der Waals surface area (Å²) in [7, 11) is 0. The van der Waals surface area contributed by atoms with Crippen LogP contribution < -0.4 is 11.1 Å². The van der Waals surface area contributed by atoms with Gasteiger partial charge in [0.2, 0.25) is 0 Å². The van der Waals surface area contributed by atoms with E-state index >= 15 is 0 Å². The summed E-state index contributed by atoms with van der Waals surface area (Å²) in [5.41, 5.74) is 7.78. The van der Waals surface area contributed by atoms with Gasteiger partial charge in [0.15, 0.2) is 0 Å². The van der Waals surface area contributed by atoms with E-state index in [1.807, 2.05) is 24.4 Å². The van der Waals surface area contributed by atoms with E-state index in [4.69, 9.17) is 5.73 Å². The summed E-state index contributed by atoms with van der Waals surface area (Å²) in [6.45, 7) is 4.22. The van der Waals surface area contributed by atoms with Crippen LogP contribution in [-0.4, -0.2) is 11.0 Å². The number of hydrogen-bond donors (Lipinski definition) is 2. The van der Waals surface area contributed by atoms with Gasteiger partial charge in [-0.25, -0.2) is 0 Å². The number of nitrogen functional groups attached to an aromatic ring is 1. The van der Waals surface area contributed by atoms with Crippen LogP contribution in [0.3, 0.4) is 0 Å². The highest BCUT2D eigenvalue weighted by atomic mass is 14.9. The number of fused-ring (bicyclic) bond motifs is 1. The van der Waals surface area contributed by atoms with Crippen molar-refractivity contribution in [2.75, 3.05) is 11.1 Å². The van der Waals surface area contributed by atoms with Crippen molar-refractivity contribution in [3.05, 3.63) is 30.6 Å². The van der Waals surface area contributed by atoms with Crippen LogP contribution >= 0.6 is 0 Å². The van der Waals surface area contributed by atoms with Gasteiger partial charge in [0.1, 0.15) is 0 Å². The molecular weight excluding hydrogens is 186 g/mol.